The lowest BCUT2D eigenvalue weighted by Crippen LogP contribution is -2.13. The predicted molar refractivity (Wildman–Crippen MR) is 120 cm³/mol. The normalized spacial score (nSPS) is 11.2. The molecule has 2 N–H and O–H groups in total. The molecule has 0 amide bonds. The van der Waals surface area contributed by atoms with Crippen molar-refractivity contribution in [3.05, 3.63) is 48.0 Å². The van der Waals surface area contributed by atoms with Gasteiger partial charge in [0.15, 0.2) is 0 Å². The Morgan fingerprint density at radius 3 is 2.38 bits per heavy atom. The molecule has 0 aliphatic heterocycles. The number of hydrogen-bond acceptors (Lipinski definition) is 7. The number of rotatable bonds is 14. The topological polar surface area (TPSA) is 57.0 Å². The van der Waals surface area contributed by atoms with Crippen molar-refractivity contribution in [1.82, 2.24) is 4.90 Å². The number of halogens is 1. The lowest BCUT2D eigenvalue weighted by Gasteiger charge is -2.16. The SMILES string of the molecule is CN(C)Cc1cc(OCCOCCOCCSF)ccc1Sc1ccccc1N. The molecule has 0 bridgehead atoms. The van der Waals surface area contributed by atoms with Crippen LogP contribution in [0.4, 0.5) is 9.57 Å². The molecule has 0 heterocycles. The Balaban J connectivity index is 1.85. The van der Waals surface area contributed by atoms with E-state index >= 15 is 0 Å². The standard InChI is InChI=1S/C21H29FN2O3S2/c1-24(2)16-17-15-18(27-12-11-25-9-10-26-13-14-28-22)7-8-20(17)29-21-6-4-3-5-19(21)23/h3-8,15H,9-14,16,23H2,1-2H3. The van der Waals surface area contributed by atoms with Crippen LogP contribution in [0.1, 0.15) is 5.56 Å². The fourth-order valence-corrected chi connectivity index (χ4v) is 3.67. The zero-order valence-electron chi connectivity index (χ0n) is 16.9. The van der Waals surface area contributed by atoms with Gasteiger partial charge in [-0.1, -0.05) is 23.9 Å². The van der Waals surface area contributed by atoms with Crippen molar-refractivity contribution in [3.8, 4) is 5.75 Å². The Morgan fingerprint density at radius 2 is 1.66 bits per heavy atom. The minimum atomic E-state index is 0.281. The van der Waals surface area contributed by atoms with Gasteiger partial charge in [0.05, 0.1) is 26.4 Å². The van der Waals surface area contributed by atoms with Crippen LogP contribution in [-0.2, 0) is 16.0 Å². The molecular formula is C21H29FN2O3S2. The second kappa shape index (κ2) is 13.7. The molecule has 0 aliphatic rings. The van der Waals surface area contributed by atoms with E-state index in [2.05, 4.69) is 17.0 Å². The predicted octanol–water partition coefficient (Wildman–Crippen LogP) is 4.51. The molecule has 2 aromatic rings. The summed E-state index contributed by atoms with van der Waals surface area (Å²) in [7, 11) is 4.09. The van der Waals surface area contributed by atoms with E-state index in [4.69, 9.17) is 19.9 Å². The van der Waals surface area contributed by atoms with Crippen LogP contribution in [0.2, 0.25) is 0 Å². The molecule has 0 saturated heterocycles. The van der Waals surface area contributed by atoms with Crippen LogP contribution in [0, 0.1) is 0 Å². The van der Waals surface area contributed by atoms with E-state index in [1.807, 2.05) is 44.4 Å². The van der Waals surface area contributed by atoms with Crippen LogP contribution in [0.5, 0.6) is 5.75 Å². The maximum Gasteiger partial charge on any atom is 0.119 e. The van der Waals surface area contributed by atoms with Crippen LogP contribution in [0.3, 0.4) is 0 Å². The monoisotopic (exact) mass is 440 g/mol. The molecule has 0 radical (unpaired) electrons. The van der Waals surface area contributed by atoms with Crippen molar-refractivity contribution >= 4 is 29.6 Å². The van der Waals surface area contributed by atoms with Gasteiger partial charge in [0, 0.05) is 39.9 Å². The van der Waals surface area contributed by atoms with Crippen molar-refractivity contribution < 1.29 is 18.1 Å². The summed E-state index contributed by atoms with van der Waals surface area (Å²) in [6, 6.07) is 14.0. The number of ether oxygens (including phenoxy) is 3. The number of para-hydroxylation sites is 1. The summed E-state index contributed by atoms with van der Waals surface area (Å²) in [5.41, 5.74) is 8.05. The number of nitrogen functional groups attached to an aromatic ring is 1. The van der Waals surface area contributed by atoms with E-state index in [1.165, 1.54) is 5.56 Å². The van der Waals surface area contributed by atoms with Gasteiger partial charge < -0.3 is 24.8 Å². The molecule has 0 atom stereocenters. The Morgan fingerprint density at radius 1 is 0.931 bits per heavy atom. The van der Waals surface area contributed by atoms with Crippen LogP contribution >= 0.6 is 23.9 Å². The summed E-state index contributed by atoms with van der Waals surface area (Å²) in [4.78, 5) is 4.33. The minimum Gasteiger partial charge on any atom is -0.491 e. The number of nitrogens with two attached hydrogens (primary N) is 1. The highest BCUT2D eigenvalue weighted by Gasteiger charge is 2.10. The first-order chi connectivity index (χ1) is 14.1. The molecule has 2 rings (SSSR count). The van der Waals surface area contributed by atoms with Crippen molar-refractivity contribution in [1.29, 1.82) is 0 Å². The first-order valence-corrected chi connectivity index (χ1v) is 11.1. The van der Waals surface area contributed by atoms with Crippen LogP contribution in [0.15, 0.2) is 52.3 Å². The van der Waals surface area contributed by atoms with Crippen LogP contribution in [-0.4, -0.2) is 57.8 Å². The van der Waals surface area contributed by atoms with Crippen molar-refractivity contribution in [3.63, 3.8) is 0 Å². The Bertz CT molecular complexity index is 735. The summed E-state index contributed by atoms with van der Waals surface area (Å²) >= 11 is 1.94. The number of anilines is 1. The van der Waals surface area contributed by atoms with Gasteiger partial charge in [-0.3, -0.25) is 0 Å². The molecule has 0 spiro atoms. The summed E-state index contributed by atoms with van der Waals surface area (Å²) in [5.74, 6) is 1.16. The van der Waals surface area contributed by atoms with Gasteiger partial charge in [0.1, 0.15) is 12.4 Å². The van der Waals surface area contributed by atoms with Crippen molar-refractivity contribution in [2.75, 3.05) is 58.6 Å². The van der Waals surface area contributed by atoms with Crippen LogP contribution in [0.25, 0.3) is 0 Å². The minimum absolute atomic E-state index is 0.281. The lowest BCUT2D eigenvalue weighted by molar-refractivity contribution is 0.0412. The molecule has 0 aromatic heterocycles. The van der Waals surface area contributed by atoms with E-state index in [0.717, 1.165) is 27.8 Å². The molecule has 2 aromatic carbocycles. The smallest absolute Gasteiger partial charge is 0.119 e. The molecule has 0 unspecified atom stereocenters. The van der Waals surface area contributed by atoms with E-state index in [-0.39, 0.29) is 12.1 Å². The zero-order chi connectivity index (χ0) is 20.9. The first-order valence-electron chi connectivity index (χ1n) is 9.42. The molecule has 0 fully saturated rings. The third kappa shape index (κ3) is 9.27. The van der Waals surface area contributed by atoms with Gasteiger partial charge in [-0.2, -0.15) is 3.89 Å². The summed E-state index contributed by atoms with van der Waals surface area (Å²) in [6.45, 7) is 3.06. The maximum atomic E-state index is 11.9. The number of nitrogens with zero attached hydrogens (tertiary/aromatic N) is 1. The third-order valence-electron chi connectivity index (χ3n) is 3.83. The van der Waals surface area contributed by atoms with Crippen LogP contribution < -0.4 is 10.5 Å². The highest BCUT2D eigenvalue weighted by atomic mass is 32.2. The fraction of sp³-hybridized carbons (Fsp3) is 0.429. The number of benzene rings is 2. The van der Waals surface area contributed by atoms with Gasteiger partial charge >= 0.3 is 0 Å². The second-order valence-electron chi connectivity index (χ2n) is 6.53. The van der Waals surface area contributed by atoms with E-state index in [9.17, 15) is 3.89 Å². The maximum absolute atomic E-state index is 11.9. The van der Waals surface area contributed by atoms with Crippen molar-refractivity contribution in [2.45, 2.75) is 16.3 Å². The van der Waals surface area contributed by atoms with Gasteiger partial charge in [-0.05, 0) is 50.0 Å². The van der Waals surface area contributed by atoms with Crippen molar-refractivity contribution in [2.24, 2.45) is 0 Å². The average molecular weight is 441 g/mol. The highest BCUT2D eigenvalue weighted by molar-refractivity contribution is 7.99. The zero-order valence-corrected chi connectivity index (χ0v) is 18.6. The lowest BCUT2D eigenvalue weighted by atomic mass is 10.2. The Labute approximate surface area is 181 Å². The molecular weight excluding hydrogens is 411 g/mol. The second-order valence-corrected chi connectivity index (χ2v) is 8.24. The summed E-state index contributed by atoms with van der Waals surface area (Å²) in [6.07, 6.45) is 0. The average Bonchev–Trinajstić information content (AvgIpc) is 2.69. The summed E-state index contributed by atoms with van der Waals surface area (Å²) in [5, 5.41) is 0. The van der Waals surface area contributed by atoms with E-state index in [1.54, 1.807) is 11.8 Å². The molecule has 0 saturated carbocycles. The van der Waals surface area contributed by atoms with Gasteiger partial charge in [0.2, 0.25) is 0 Å². The van der Waals surface area contributed by atoms with Gasteiger partial charge in [-0.25, -0.2) is 0 Å². The molecule has 8 heteroatoms. The largest absolute Gasteiger partial charge is 0.491 e. The quantitative estimate of drug-likeness (QED) is 0.343. The molecule has 0 aliphatic carbocycles. The summed E-state index contributed by atoms with van der Waals surface area (Å²) < 4.78 is 28.4. The fourth-order valence-electron chi connectivity index (χ4n) is 2.53. The van der Waals surface area contributed by atoms with E-state index in [0.29, 0.717) is 38.8 Å². The van der Waals surface area contributed by atoms with Gasteiger partial charge in [0.25, 0.3) is 0 Å². The molecule has 29 heavy (non-hydrogen) atoms. The Kier molecular flexibility index (Phi) is 11.3. The first kappa shape index (κ1) is 23.8. The highest BCUT2D eigenvalue weighted by Crippen LogP contribution is 2.35. The third-order valence-corrected chi connectivity index (χ3v) is 5.36. The Hall–Kier alpha value is -1.45. The van der Waals surface area contributed by atoms with Gasteiger partial charge in [-0.15, -0.1) is 0 Å². The molecule has 160 valence electrons. The number of hydrogen-bond donors (Lipinski definition) is 1. The molecule has 5 nitrogen and oxygen atoms in total. The van der Waals surface area contributed by atoms with E-state index < -0.39 is 0 Å².